The van der Waals surface area contributed by atoms with Crippen LogP contribution in [0.5, 0.6) is 0 Å². The lowest BCUT2D eigenvalue weighted by Gasteiger charge is -2.39. The molecule has 1 aromatic carbocycles. The van der Waals surface area contributed by atoms with Crippen LogP contribution in [-0.4, -0.2) is 22.9 Å². The molecule has 0 radical (unpaired) electrons. The number of aliphatic hydroxyl groups is 1. The average Bonchev–Trinajstić information content (AvgIpc) is 2.19. The molecule has 0 amide bonds. The summed E-state index contributed by atoms with van der Waals surface area (Å²) in [7, 11) is 0. The monoisotopic (exact) mass is 254 g/mol. The number of ether oxygens (including phenoxy) is 1. The number of rotatable bonds is 2. The second kappa shape index (κ2) is 4.97. The maximum Gasteiger partial charge on any atom is 0.0737 e. The van der Waals surface area contributed by atoms with Crippen LogP contribution < -0.4 is 0 Å². The van der Waals surface area contributed by atoms with Crippen molar-refractivity contribution >= 4 is 11.6 Å². The molecule has 2 nitrogen and oxygen atoms in total. The first kappa shape index (κ1) is 12.9. The van der Waals surface area contributed by atoms with Crippen molar-refractivity contribution < 1.29 is 9.84 Å². The van der Waals surface area contributed by atoms with Crippen LogP contribution in [0.2, 0.25) is 5.02 Å². The maximum atomic E-state index is 10.6. The summed E-state index contributed by atoms with van der Waals surface area (Å²) in [5.74, 6) is 0. The third kappa shape index (κ3) is 3.44. The second-order valence-electron chi connectivity index (χ2n) is 5.19. The first-order valence-electron chi connectivity index (χ1n) is 6.09. The third-order valence-electron chi connectivity index (χ3n) is 3.25. The first-order chi connectivity index (χ1) is 7.97. The van der Waals surface area contributed by atoms with Crippen LogP contribution in [-0.2, 0) is 11.2 Å². The topological polar surface area (TPSA) is 29.5 Å². The molecule has 1 fully saturated rings. The molecule has 17 heavy (non-hydrogen) atoms. The van der Waals surface area contributed by atoms with E-state index in [-0.39, 0.29) is 12.2 Å². The van der Waals surface area contributed by atoms with Gasteiger partial charge in [-0.25, -0.2) is 0 Å². The van der Waals surface area contributed by atoms with Crippen molar-refractivity contribution in [2.75, 3.05) is 0 Å². The van der Waals surface area contributed by atoms with Gasteiger partial charge in [-0.15, -0.1) is 0 Å². The third-order valence-corrected chi connectivity index (χ3v) is 3.50. The molecule has 2 unspecified atom stereocenters. The summed E-state index contributed by atoms with van der Waals surface area (Å²) in [4.78, 5) is 0. The zero-order valence-electron chi connectivity index (χ0n) is 10.3. The predicted molar refractivity (Wildman–Crippen MR) is 69.3 cm³/mol. The van der Waals surface area contributed by atoms with Gasteiger partial charge in [0.2, 0.25) is 0 Å². The minimum Gasteiger partial charge on any atom is -0.389 e. The molecule has 0 saturated carbocycles. The SMILES string of the molecule is CC1CC(O)(Cc2ccc(Cl)cc2)CC(C)O1. The highest BCUT2D eigenvalue weighted by molar-refractivity contribution is 6.30. The Hall–Kier alpha value is -0.570. The molecule has 2 rings (SSSR count). The molecule has 1 heterocycles. The highest BCUT2D eigenvalue weighted by atomic mass is 35.5. The smallest absolute Gasteiger partial charge is 0.0737 e. The van der Waals surface area contributed by atoms with Gasteiger partial charge in [-0.2, -0.15) is 0 Å². The molecule has 1 aliphatic heterocycles. The first-order valence-corrected chi connectivity index (χ1v) is 6.47. The molecule has 3 heteroatoms. The van der Waals surface area contributed by atoms with E-state index in [1.165, 1.54) is 0 Å². The van der Waals surface area contributed by atoms with E-state index in [1.807, 2.05) is 38.1 Å². The normalized spacial score (nSPS) is 33.6. The minimum atomic E-state index is -0.648. The molecule has 0 aromatic heterocycles. The van der Waals surface area contributed by atoms with Gasteiger partial charge >= 0.3 is 0 Å². The van der Waals surface area contributed by atoms with Crippen molar-refractivity contribution in [2.45, 2.75) is 50.9 Å². The lowest BCUT2D eigenvalue weighted by Crippen LogP contribution is -2.44. The number of hydrogen-bond acceptors (Lipinski definition) is 2. The van der Waals surface area contributed by atoms with Crippen LogP contribution in [0.25, 0.3) is 0 Å². The van der Waals surface area contributed by atoms with Gasteiger partial charge in [0.1, 0.15) is 0 Å². The highest BCUT2D eigenvalue weighted by Gasteiger charge is 2.36. The molecular formula is C14H19ClO2. The van der Waals surface area contributed by atoms with Crippen LogP contribution in [0.15, 0.2) is 24.3 Å². The van der Waals surface area contributed by atoms with Gasteiger partial charge < -0.3 is 9.84 Å². The summed E-state index contributed by atoms with van der Waals surface area (Å²) in [6.45, 7) is 4.03. The lowest BCUT2D eigenvalue weighted by atomic mass is 9.82. The van der Waals surface area contributed by atoms with Crippen molar-refractivity contribution in [3.8, 4) is 0 Å². The van der Waals surface area contributed by atoms with Gasteiger partial charge in [0.25, 0.3) is 0 Å². The van der Waals surface area contributed by atoms with Gasteiger partial charge in [0.15, 0.2) is 0 Å². The van der Waals surface area contributed by atoms with E-state index in [2.05, 4.69) is 0 Å². The van der Waals surface area contributed by atoms with Gasteiger partial charge in [0.05, 0.1) is 17.8 Å². The standard InChI is InChI=1S/C14H19ClO2/c1-10-7-14(16,8-11(2)17-10)9-12-3-5-13(15)6-4-12/h3-6,10-11,16H,7-9H2,1-2H3. The predicted octanol–water partition coefficient (Wildman–Crippen LogP) is 3.20. The summed E-state index contributed by atoms with van der Waals surface area (Å²) in [6.07, 6.45) is 2.30. The summed E-state index contributed by atoms with van der Waals surface area (Å²) >= 11 is 5.85. The van der Waals surface area contributed by atoms with Crippen LogP contribution in [0.4, 0.5) is 0 Å². The molecule has 0 aliphatic carbocycles. The van der Waals surface area contributed by atoms with E-state index in [9.17, 15) is 5.11 Å². The molecule has 0 bridgehead atoms. The van der Waals surface area contributed by atoms with E-state index in [0.717, 1.165) is 10.6 Å². The molecule has 1 saturated heterocycles. The van der Waals surface area contributed by atoms with Crippen molar-refractivity contribution in [3.05, 3.63) is 34.9 Å². The Labute approximate surface area is 108 Å². The van der Waals surface area contributed by atoms with Crippen LogP contribution in [0.1, 0.15) is 32.3 Å². The van der Waals surface area contributed by atoms with Gasteiger partial charge in [0, 0.05) is 24.3 Å². The Kier molecular flexibility index (Phi) is 3.76. The zero-order valence-corrected chi connectivity index (χ0v) is 11.1. The number of benzene rings is 1. The van der Waals surface area contributed by atoms with E-state index in [4.69, 9.17) is 16.3 Å². The fourth-order valence-corrected chi connectivity index (χ4v) is 2.90. The van der Waals surface area contributed by atoms with Crippen molar-refractivity contribution in [1.82, 2.24) is 0 Å². The maximum absolute atomic E-state index is 10.6. The van der Waals surface area contributed by atoms with Gasteiger partial charge in [-0.3, -0.25) is 0 Å². The van der Waals surface area contributed by atoms with Crippen LogP contribution >= 0.6 is 11.6 Å². The Bertz CT molecular complexity index is 364. The number of hydrogen-bond donors (Lipinski definition) is 1. The van der Waals surface area contributed by atoms with E-state index in [1.54, 1.807) is 0 Å². The Balaban J connectivity index is 2.08. The Morgan fingerprint density at radius 3 is 2.29 bits per heavy atom. The summed E-state index contributed by atoms with van der Waals surface area (Å²) in [5, 5.41) is 11.4. The van der Waals surface area contributed by atoms with E-state index in [0.29, 0.717) is 19.3 Å². The molecule has 2 atom stereocenters. The minimum absolute atomic E-state index is 0.121. The largest absolute Gasteiger partial charge is 0.389 e. The lowest BCUT2D eigenvalue weighted by molar-refractivity contribution is -0.130. The Morgan fingerprint density at radius 2 is 1.76 bits per heavy atom. The molecule has 1 aliphatic rings. The summed E-state index contributed by atoms with van der Waals surface area (Å²) in [5.41, 5.74) is 0.475. The fourth-order valence-electron chi connectivity index (χ4n) is 2.77. The van der Waals surface area contributed by atoms with E-state index >= 15 is 0 Å². The van der Waals surface area contributed by atoms with Crippen molar-refractivity contribution in [2.24, 2.45) is 0 Å². The van der Waals surface area contributed by atoms with Gasteiger partial charge in [-0.1, -0.05) is 23.7 Å². The van der Waals surface area contributed by atoms with Gasteiger partial charge in [-0.05, 0) is 31.5 Å². The van der Waals surface area contributed by atoms with Crippen molar-refractivity contribution in [1.29, 1.82) is 0 Å². The second-order valence-corrected chi connectivity index (χ2v) is 5.63. The van der Waals surface area contributed by atoms with Crippen LogP contribution in [0, 0.1) is 0 Å². The molecule has 1 aromatic rings. The Morgan fingerprint density at radius 1 is 1.24 bits per heavy atom. The number of halogens is 1. The fraction of sp³-hybridized carbons (Fsp3) is 0.571. The van der Waals surface area contributed by atoms with Crippen LogP contribution in [0.3, 0.4) is 0 Å². The summed E-state index contributed by atoms with van der Waals surface area (Å²) < 4.78 is 5.66. The molecule has 0 spiro atoms. The zero-order chi connectivity index (χ0) is 12.5. The average molecular weight is 255 g/mol. The van der Waals surface area contributed by atoms with E-state index < -0.39 is 5.60 Å². The molecule has 94 valence electrons. The molecule has 1 N–H and O–H groups in total. The van der Waals surface area contributed by atoms with Crippen molar-refractivity contribution in [3.63, 3.8) is 0 Å². The quantitative estimate of drug-likeness (QED) is 0.878. The highest BCUT2D eigenvalue weighted by Crippen LogP contribution is 2.31. The summed E-state index contributed by atoms with van der Waals surface area (Å²) in [6, 6.07) is 7.69. The molecular weight excluding hydrogens is 236 g/mol.